The third-order valence-electron chi connectivity index (χ3n) is 4.21. The van der Waals surface area contributed by atoms with Crippen molar-refractivity contribution >= 4 is 6.21 Å². The van der Waals surface area contributed by atoms with Gasteiger partial charge in [-0.05, 0) is 31.1 Å². The van der Waals surface area contributed by atoms with Gasteiger partial charge in [0.2, 0.25) is 0 Å². The summed E-state index contributed by atoms with van der Waals surface area (Å²) in [5, 5.41) is 11.4. The number of rotatable bonds is 2. The number of fused-ring (bicyclic) bond motifs is 1. The van der Waals surface area contributed by atoms with Crippen molar-refractivity contribution in [2.75, 3.05) is 0 Å². The average molecular weight is 183 g/mol. The third-order valence-corrected chi connectivity index (χ3v) is 4.21. The lowest BCUT2D eigenvalue weighted by Gasteiger charge is -2.32. The molecule has 0 amide bonds. The molecule has 2 fully saturated rings. The molecule has 13 heavy (non-hydrogen) atoms. The summed E-state index contributed by atoms with van der Waals surface area (Å²) in [6.45, 7) is 6.68. The molecule has 1 saturated heterocycles. The van der Waals surface area contributed by atoms with Crippen molar-refractivity contribution in [2.24, 2.45) is 16.5 Å². The van der Waals surface area contributed by atoms with Crippen LogP contribution in [0.3, 0.4) is 0 Å². The predicted octanol–water partition coefficient (Wildman–Crippen LogP) is 2.04. The molecule has 0 radical (unpaired) electrons. The van der Waals surface area contributed by atoms with Crippen LogP contribution in [0.25, 0.3) is 0 Å². The maximum Gasteiger partial charge on any atom is 0.0973 e. The fourth-order valence-corrected chi connectivity index (χ4v) is 2.62. The van der Waals surface area contributed by atoms with E-state index < -0.39 is 0 Å². The van der Waals surface area contributed by atoms with Gasteiger partial charge in [-0.3, -0.25) is 0 Å². The molecule has 2 rings (SSSR count). The highest BCUT2D eigenvalue weighted by Crippen LogP contribution is 2.63. The molecule has 1 heterocycles. The van der Waals surface area contributed by atoms with Crippen LogP contribution in [0.2, 0.25) is 0 Å². The molecule has 74 valence electrons. The lowest BCUT2D eigenvalue weighted by atomic mass is 9.74. The zero-order valence-corrected chi connectivity index (χ0v) is 8.45. The number of hydrogen-bond acceptors (Lipinski definition) is 3. The van der Waals surface area contributed by atoms with Crippen molar-refractivity contribution in [3.05, 3.63) is 0 Å². The van der Waals surface area contributed by atoms with E-state index in [2.05, 4.69) is 25.9 Å². The molecule has 0 aromatic heterocycles. The summed E-state index contributed by atoms with van der Waals surface area (Å²) in [5.41, 5.74) is 0.291. The quantitative estimate of drug-likeness (QED) is 0.308. The summed E-state index contributed by atoms with van der Waals surface area (Å²) >= 11 is 0. The lowest BCUT2D eigenvalue weighted by Crippen LogP contribution is -2.33. The number of oxime groups is 1. The van der Waals surface area contributed by atoms with Gasteiger partial charge >= 0.3 is 0 Å². The second-order valence-electron chi connectivity index (χ2n) is 4.90. The van der Waals surface area contributed by atoms with Gasteiger partial charge in [-0.1, -0.05) is 13.8 Å². The Labute approximate surface area is 78.8 Å². The van der Waals surface area contributed by atoms with Crippen LogP contribution in [0.5, 0.6) is 0 Å². The standard InChI is InChI=1S/C10H17NO2/c1-9(2)7(4-5-11-12)6-8-10(9,3)13-8/h5,7-8,12H,4,6H2,1-3H3/b11-5+/t7-,8-,10-/m0/s1. The lowest BCUT2D eigenvalue weighted by molar-refractivity contribution is 0.0770. The van der Waals surface area contributed by atoms with Gasteiger partial charge < -0.3 is 9.94 Å². The zero-order valence-electron chi connectivity index (χ0n) is 8.45. The summed E-state index contributed by atoms with van der Waals surface area (Å²) in [7, 11) is 0. The Balaban J connectivity index is 2.09. The highest BCUT2D eigenvalue weighted by atomic mass is 16.6. The molecule has 3 heteroatoms. The van der Waals surface area contributed by atoms with Gasteiger partial charge in [0, 0.05) is 6.21 Å². The van der Waals surface area contributed by atoms with Crippen LogP contribution in [0, 0.1) is 11.3 Å². The van der Waals surface area contributed by atoms with Crippen molar-refractivity contribution < 1.29 is 9.94 Å². The van der Waals surface area contributed by atoms with Crippen molar-refractivity contribution in [2.45, 2.75) is 45.3 Å². The first-order chi connectivity index (χ1) is 6.02. The summed E-state index contributed by atoms with van der Waals surface area (Å²) in [6, 6.07) is 0. The Morgan fingerprint density at radius 3 is 2.69 bits per heavy atom. The molecule has 0 aromatic carbocycles. The first-order valence-electron chi connectivity index (χ1n) is 4.86. The van der Waals surface area contributed by atoms with Crippen LogP contribution in [0.15, 0.2) is 5.16 Å². The molecule has 1 aliphatic carbocycles. The Morgan fingerprint density at radius 2 is 2.23 bits per heavy atom. The Kier molecular flexibility index (Phi) is 1.71. The van der Waals surface area contributed by atoms with E-state index in [0.717, 1.165) is 12.8 Å². The Morgan fingerprint density at radius 1 is 1.54 bits per heavy atom. The van der Waals surface area contributed by atoms with Crippen molar-refractivity contribution in [3.8, 4) is 0 Å². The smallest absolute Gasteiger partial charge is 0.0973 e. The first kappa shape index (κ1) is 9.00. The van der Waals surface area contributed by atoms with E-state index in [9.17, 15) is 0 Å². The molecule has 3 atom stereocenters. The van der Waals surface area contributed by atoms with Crippen molar-refractivity contribution in [1.29, 1.82) is 0 Å². The van der Waals surface area contributed by atoms with E-state index in [4.69, 9.17) is 9.94 Å². The maximum atomic E-state index is 8.38. The van der Waals surface area contributed by atoms with Crippen LogP contribution in [-0.2, 0) is 4.74 Å². The molecular formula is C10H17NO2. The molecule has 1 N–H and O–H groups in total. The second kappa shape index (κ2) is 2.47. The minimum absolute atomic E-state index is 0.0843. The highest BCUT2D eigenvalue weighted by Gasteiger charge is 2.69. The molecular weight excluding hydrogens is 166 g/mol. The van der Waals surface area contributed by atoms with Crippen LogP contribution < -0.4 is 0 Å². The van der Waals surface area contributed by atoms with Crippen LogP contribution >= 0.6 is 0 Å². The fraction of sp³-hybridized carbons (Fsp3) is 0.900. The van der Waals surface area contributed by atoms with Crippen LogP contribution in [-0.4, -0.2) is 23.1 Å². The second-order valence-corrected chi connectivity index (χ2v) is 4.90. The predicted molar refractivity (Wildman–Crippen MR) is 50.1 cm³/mol. The molecule has 1 saturated carbocycles. The third kappa shape index (κ3) is 1.03. The molecule has 0 bridgehead atoms. The molecule has 0 aromatic rings. The zero-order chi connectivity index (χ0) is 9.69. The SMILES string of the molecule is CC1(C)[C@@H](C/C=N/O)C[C@@H]2O[C@@]21C. The number of epoxide rings is 1. The van der Waals surface area contributed by atoms with Gasteiger partial charge in [0.05, 0.1) is 11.7 Å². The van der Waals surface area contributed by atoms with Crippen molar-refractivity contribution in [1.82, 2.24) is 0 Å². The Hall–Kier alpha value is -0.570. The first-order valence-corrected chi connectivity index (χ1v) is 4.86. The summed E-state index contributed by atoms with van der Waals surface area (Å²) in [6.07, 6.45) is 4.01. The van der Waals surface area contributed by atoms with Gasteiger partial charge in [0.25, 0.3) is 0 Å². The van der Waals surface area contributed by atoms with Crippen molar-refractivity contribution in [3.63, 3.8) is 0 Å². The monoisotopic (exact) mass is 183 g/mol. The molecule has 3 nitrogen and oxygen atoms in total. The number of hydrogen-bond donors (Lipinski definition) is 1. The molecule has 2 aliphatic rings. The van der Waals surface area contributed by atoms with Crippen LogP contribution in [0.4, 0.5) is 0 Å². The topological polar surface area (TPSA) is 45.1 Å². The number of ether oxygens (including phenoxy) is 1. The molecule has 1 aliphatic heterocycles. The van der Waals surface area contributed by atoms with Gasteiger partial charge in [-0.25, -0.2) is 0 Å². The van der Waals surface area contributed by atoms with Gasteiger partial charge in [0.1, 0.15) is 0 Å². The molecule has 0 spiro atoms. The van der Waals surface area contributed by atoms with E-state index >= 15 is 0 Å². The van der Waals surface area contributed by atoms with E-state index in [1.54, 1.807) is 6.21 Å². The maximum absolute atomic E-state index is 8.38. The van der Waals surface area contributed by atoms with E-state index in [0.29, 0.717) is 12.0 Å². The van der Waals surface area contributed by atoms with Gasteiger partial charge in [0.15, 0.2) is 0 Å². The molecule has 0 unspecified atom stereocenters. The minimum atomic E-state index is 0.0843. The van der Waals surface area contributed by atoms with Crippen LogP contribution in [0.1, 0.15) is 33.6 Å². The average Bonchev–Trinajstić information content (AvgIpc) is 2.67. The Bertz CT molecular complexity index is 249. The highest BCUT2D eigenvalue weighted by molar-refractivity contribution is 5.57. The normalized spacial score (nSPS) is 46.7. The van der Waals surface area contributed by atoms with Gasteiger partial charge in [-0.2, -0.15) is 0 Å². The fourth-order valence-electron chi connectivity index (χ4n) is 2.62. The summed E-state index contributed by atoms with van der Waals surface area (Å²) in [4.78, 5) is 0. The van der Waals surface area contributed by atoms with Gasteiger partial charge in [-0.15, -0.1) is 5.16 Å². The van der Waals surface area contributed by atoms with E-state index in [1.165, 1.54) is 0 Å². The largest absolute Gasteiger partial charge is 0.411 e. The van der Waals surface area contributed by atoms with E-state index in [-0.39, 0.29) is 11.0 Å². The van der Waals surface area contributed by atoms with E-state index in [1.807, 2.05) is 0 Å². The number of nitrogens with zero attached hydrogens (tertiary/aromatic N) is 1. The summed E-state index contributed by atoms with van der Waals surface area (Å²) < 4.78 is 5.66. The minimum Gasteiger partial charge on any atom is -0.411 e. The summed E-state index contributed by atoms with van der Waals surface area (Å²) in [5.74, 6) is 0.590.